The molecule has 38 heavy (non-hydrogen) atoms. The van der Waals surface area contributed by atoms with E-state index in [0.717, 1.165) is 38.8 Å². The first-order valence-corrected chi connectivity index (χ1v) is 16.4. The molecule has 5 rings (SSSR count). The third-order valence-corrected chi connectivity index (χ3v) is 10.3. The number of hydrogen-bond donors (Lipinski definition) is 0. The van der Waals surface area contributed by atoms with Crippen LogP contribution in [0.1, 0.15) is 95.3 Å². The normalized spacial score (nSPS) is 24.3. The first-order valence-electron chi connectivity index (χ1n) is 14.6. The highest BCUT2D eigenvalue weighted by Crippen LogP contribution is 2.52. The SMILES string of the molecule is CCCCC(CC)CSC1=NC2(CC(c3ccccc3)Oc3ccc(Br)cc32)C(=O)N1CC1CCCCC1. The van der Waals surface area contributed by atoms with E-state index in [-0.39, 0.29) is 12.0 Å². The molecule has 1 saturated carbocycles. The molecule has 204 valence electrons. The number of nitrogens with zero attached hydrogens (tertiary/aromatic N) is 2. The summed E-state index contributed by atoms with van der Waals surface area (Å²) in [5.41, 5.74) is 1.04. The van der Waals surface area contributed by atoms with Gasteiger partial charge in [0.25, 0.3) is 5.91 Å². The van der Waals surface area contributed by atoms with E-state index in [1.165, 1.54) is 57.8 Å². The fourth-order valence-electron chi connectivity index (χ4n) is 6.23. The van der Waals surface area contributed by atoms with Crippen molar-refractivity contribution in [1.29, 1.82) is 0 Å². The molecule has 0 aromatic heterocycles. The minimum absolute atomic E-state index is 0.135. The summed E-state index contributed by atoms with van der Waals surface area (Å²) in [4.78, 5) is 22.1. The lowest BCUT2D eigenvalue weighted by atomic mass is 9.80. The van der Waals surface area contributed by atoms with Crippen LogP contribution in [0.3, 0.4) is 0 Å². The van der Waals surface area contributed by atoms with Gasteiger partial charge in [-0.1, -0.05) is 110 Å². The third-order valence-electron chi connectivity index (χ3n) is 8.58. The second-order valence-corrected chi connectivity index (χ2v) is 13.2. The molecule has 3 atom stereocenters. The predicted molar refractivity (Wildman–Crippen MR) is 162 cm³/mol. The van der Waals surface area contributed by atoms with Crippen molar-refractivity contribution in [2.45, 2.75) is 89.7 Å². The molecule has 0 radical (unpaired) electrons. The molecule has 1 aliphatic carbocycles. The van der Waals surface area contributed by atoms with Crippen LogP contribution in [0.5, 0.6) is 5.75 Å². The molecule has 6 heteroatoms. The van der Waals surface area contributed by atoms with E-state index >= 15 is 0 Å². The fourth-order valence-corrected chi connectivity index (χ4v) is 7.92. The second kappa shape index (κ2) is 12.6. The summed E-state index contributed by atoms with van der Waals surface area (Å²) < 4.78 is 7.47. The lowest BCUT2D eigenvalue weighted by Gasteiger charge is -2.37. The second-order valence-electron chi connectivity index (χ2n) is 11.3. The van der Waals surface area contributed by atoms with Crippen molar-refractivity contribution in [2.24, 2.45) is 16.8 Å². The lowest BCUT2D eigenvalue weighted by Crippen LogP contribution is -2.45. The summed E-state index contributed by atoms with van der Waals surface area (Å²) >= 11 is 5.47. The quantitative estimate of drug-likeness (QED) is 0.290. The Kier molecular flexibility index (Phi) is 9.20. The monoisotopic (exact) mass is 596 g/mol. The molecule has 0 saturated heterocycles. The van der Waals surface area contributed by atoms with E-state index in [1.807, 2.05) is 42.1 Å². The molecule has 2 aromatic carbocycles. The Labute approximate surface area is 241 Å². The maximum Gasteiger partial charge on any atom is 0.261 e. The van der Waals surface area contributed by atoms with Gasteiger partial charge >= 0.3 is 0 Å². The summed E-state index contributed by atoms with van der Waals surface area (Å²) in [5.74, 6) is 3.13. The number of halogens is 1. The van der Waals surface area contributed by atoms with Crippen LogP contribution in [-0.4, -0.2) is 28.3 Å². The number of unbranched alkanes of at least 4 members (excludes halogenated alkanes) is 1. The summed E-state index contributed by atoms with van der Waals surface area (Å²) in [6, 6.07) is 16.3. The standard InChI is InChI=1S/C32H41BrN2O2S/c1-3-5-12-23(4-2)22-38-31-34-32(30(36)35(31)21-24-13-8-6-9-14-24)20-29(25-15-10-7-11-16-25)37-28-18-17-26(33)19-27(28)32/h7,10-11,15-19,23-24,29H,3-6,8-9,12-14,20-22H2,1-2H3. The highest BCUT2D eigenvalue weighted by molar-refractivity contribution is 9.10. The Bertz CT molecular complexity index is 1130. The zero-order chi connectivity index (χ0) is 26.5. The highest BCUT2D eigenvalue weighted by Gasteiger charge is 2.55. The fraction of sp³-hybridized carbons (Fsp3) is 0.562. The van der Waals surface area contributed by atoms with Crippen molar-refractivity contribution in [3.63, 3.8) is 0 Å². The van der Waals surface area contributed by atoms with Gasteiger partial charge in [0.05, 0.1) is 0 Å². The van der Waals surface area contributed by atoms with Crippen LogP contribution in [-0.2, 0) is 10.3 Å². The van der Waals surface area contributed by atoms with Crippen molar-refractivity contribution in [2.75, 3.05) is 12.3 Å². The molecule has 0 bridgehead atoms. The topological polar surface area (TPSA) is 41.9 Å². The van der Waals surface area contributed by atoms with Gasteiger partial charge in [0.15, 0.2) is 10.7 Å². The lowest BCUT2D eigenvalue weighted by molar-refractivity contribution is -0.133. The van der Waals surface area contributed by atoms with Gasteiger partial charge in [0.2, 0.25) is 0 Å². The highest BCUT2D eigenvalue weighted by atomic mass is 79.9. The maximum absolute atomic E-state index is 14.6. The molecule has 2 aromatic rings. The smallest absolute Gasteiger partial charge is 0.261 e. The summed E-state index contributed by atoms with van der Waals surface area (Å²) in [6.07, 6.45) is 11.5. The van der Waals surface area contributed by atoms with Crippen molar-refractivity contribution in [1.82, 2.24) is 4.90 Å². The Balaban J connectivity index is 1.52. The number of carbonyl (C=O) groups excluding carboxylic acids is 1. The molecule has 2 aliphatic heterocycles. The largest absolute Gasteiger partial charge is 0.485 e. The average Bonchev–Trinajstić information content (AvgIpc) is 3.20. The van der Waals surface area contributed by atoms with Gasteiger partial charge in [-0.05, 0) is 54.9 Å². The van der Waals surface area contributed by atoms with Crippen LogP contribution >= 0.6 is 27.7 Å². The minimum atomic E-state index is -0.944. The summed E-state index contributed by atoms with van der Waals surface area (Å²) in [6.45, 7) is 5.35. The molecular formula is C32H41BrN2O2S. The minimum Gasteiger partial charge on any atom is -0.485 e. The van der Waals surface area contributed by atoms with Crippen LogP contribution in [0.15, 0.2) is 58.0 Å². The van der Waals surface area contributed by atoms with Crippen LogP contribution in [0, 0.1) is 11.8 Å². The molecule has 4 nitrogen and oxygen atoms in total. The van der Waals surface area contributed by atoms with E-state index in [2.05, 4.69) is 52.9 Å². The number of rotatable bonds is 9. The Hall–Kier alpha value is -1.79. The van der Waals surface area contributed by atoms with Crippen LogP contribution in [0.25, 0.3) is 0 Å². The maximum atomic E-state index is 14.6. The van der Waals surface area contributed by atoms with E-state index in [0.29, 0.717) is 18.3 Å². The van der Waals surface area contributed by atoms with Gasteiger partial charge in [-0.15, -0.1) is 0 Å². The van der Waals surface area contributed by atoms with Gasteiger partial charge in [0, 0.05) is 28.8 Å². The van der Waals surface area contributed by atoms with Gasteiger partial charge in [-0.25, -0.2) is 4.99 Å². The van der Waals surface area contributed by atoms with Crippen LogP contribution in [0.4, 0.5) is 0 Å². The first kappa shape index (κ1) is 27.8. The number of ether oxygens (including phenoxy) is 1. The van der Waals surface area contributed by atoms with Crippen molar-refractivity contribution in [3.8, 4) is 5.75 Å². The van der Waals surface area contributed by atoms with Crippen molar-refractivity contribution in [3.05, 3.63) is 64.1 Å². The Morgan fingerprint density at radius 3 is 2.66 bits per heavy atom. The zero-order valence-corrected chi connectivity index (χ0v) is 25.2. The molecule has 1 fully saturated rings. The number of fused-ring (bicyclic) bond motifs is 2. The number of aliphatic imine (C=N–C) groups is 1. The molecule has 0 N–H and O–H groups in total. The number of carbonyl (C=O) groups is 1. The number of hydrogen-bond acceptors (Lipinski definition) is 4. The Morgan fingerprint density at radius 2 is 1.92 bits per heavy atom. The average molecular weight is 598 g/mol. The van der Waals surface area contributed by atoms with E-state index in [1.54, 1.807) is 0 Å². The van der Waals surface area contributed by atoms with Gasteiger partial charge in [-0.3, -0.25) is 9.69 Å². The predicted octanol–water partition coefficient (Wildman–Crippen LogP) is 8.90. The van der Waals surface area contributed by atoms with E-state index < -0.39 is 5.54 Å². The van der Waals surface area contributed by atoms with Crippen molar-refractivity contribution >= 4 is 38.8 Å². The first-order chi connectivity index (χ1) is 18.5. The Morgan fingerprint density at radius 1 is 1.13 bits per heavy atom. The van der Waals surface area contributed by atoms with Gasteiger partial charge in [-0.2, -0.15) is 0 Å². The van der Waals surface area contributed by atoms with E-state index in [4.69, 9.17) is 9.73 Å². The number of amidine groups is 1. The molecule has 1 spiro atoms. The zero-order valence-electron chi connectivity index (χ0n) is 22.8. The summed E-state index contributed by atoms with van der Waals surface area (Å²) in [5, 5.41) is 0.926. The molecule has 3 aliphatic rings. The van der Waals surface area contributed by atoms with Gasteiger partial charge in [0.1, 0.15) is 11.9 Å². The third kappa shape index (κ3) is 5.86. The molecular weight excluding hydrogens is 556 g/mol. The van der Waals surface area contributed by atoms with Crippen LogP contribution < -0.4 is 4.74 Å². The van der Waals surface area contributed by atoms with Crippen molar-refractivity contribution < 1.29 is 9.53 Å². The molecule has 2 heterocycles. The molecule has 3 unspecified atom stereocenters. The number of thioether (sulfide) groups is 1. The van der Waals surface area contributed by atoms with Gasteiger partial charge < -0.3 is 4.74 Å². The van der Waals surface area contributed by atoms with E-state index in [9.17, 15) is 4.79 Å². The molecule has 1 amide bonds. The summed E-state index contributed by atoms with van der Waals surface area (Å²) in [7, 11) is 0. The number of benzene rings is 2. The number of amides is 1. The van der Waals surface area contributed by atoms with Crippen LogP contribution in [0.2, 0.25) is 0 Å².